The van der Waals surface area contributed by atoms with Gasteiger partial charge in [0.05, 0.1) is 26.6 Å². The van der Waals surface area contributed by atoms with Crippen molar-refractivity contribution in [2.75, 3.05) is 11.1 Å². The number of carbonyl (C=O) groups is 2. The Morgan fingerprint density at radius 1 is 1.07 bits per heavy atom. The maximum absolute atomic E-state index is 12.5. The lowest BCUT2D eigenvalue weighted by Crippen LogP contribution is -2.12. The Morgan fingerprint density at radius 3 is 2.60 bits per heavy atom. The van der Waals surface area contributed by atoms with Crippen LogP contribution in [0.3, 0.4) is 0 Å². The molecule has 1 aromatic heterocycles. The number of nitrogens with one attached hydrogen (secondary N) is 1. The molecule has 0 radical (unpaired) electrons. The third-order valence-corrected chi connectivity index (χ3v) is 6.94. The molecule has 0 saturated heterocycles. The maximum atomic E-state index is 12.5. The molecule has 0 fully saturated rings. The number of aryl methyl sites for hydroxylation is 1. The van der Waals surface area contributed by atoms with E-state index in [9.17, 15) is 9.59 Å². The van der Waals surface area contributed by atoms with Crippen LogP contribution in [0.4, 0.5) is 5.69 Å². The lowest BCUT2D eigenvalue weighted by atomic mass is 10.1. The topological polar surface area (TPSA) is 59.1 Å². The fraction of sp³-hybridized carbons (Fsp3) is 0.0870. The predicted octanol–water partition coefficient (Wildman–Crippen LogP) is 6.49. The van der Waals surface area contributed by atoms with Crippen LogP contribution in [0.1, 0.15) is 26.3 Å². The van der Waals surface area contributed by atoms with Crippen LogP contribution in [0.5, 0.6) is 0 Å². The van der Waals surface area contributed by atoms with E-state index < -0.39 is 0 Å². The van der Waals surface area contributed by atoms with Gasteiger partial charge in [-0.05, 0) is 37.3 Å². The molecule has 0 saturated carbocycles. The Labute approximate surface area is 187 Å². The number of fused-ring (bicyclic) bond motifs is 1. The Bertz CT molecular complexity index is 1240. The number of benzene rings is 3. The number of hydrogen-bond donors (Lipinski definition) is 1. The molecule has 0 aliphatic heterocycles. The van der Waals surface area contributed by atoms with Crippen LogP contribution in [0.25, 0.3) is 10.2 Å². The van der Waals surface area contributed by atoms with E-state index >= 15 is 0 Å². The summed E-state index contributed by atoms with van der Waals surface area (Å²) in [5.41, 5.74) is 3.76. The zero-order valence-electron chi connectivity index (χ0n) is 16.0. The van der Waals surface area contributed by atoms with E-state index in [0.717, 1.165) is 20.1 Å². The molecular weight excluding hydrogens is 436 g/mol. The standard InChI is InChI=1S/C23H17ClN2O2S2/c1-14-6-8-15(9-7-14)20(27)13-29-23-26-19-11-10-16(12-21(19)30-23)25-22(28)17-4-2-3-5-18(17)24/h2-12H,13H2,1H3,(H,25,28). The number of thiazole rings is 1. The summed E-state index contributed by atoms with van der Waals surface area (Å²) < 4.78 is 1.76. The minimum Gasteiger partial charge on any atom is -0.322 e. The van der Waals surface area contributed by atoms with Crippen LogP contribution in [0.2, 0.25) is 5.02 Å². The zero-order valence-corrected chi connectivity index (χ0v) is 18.4. The zero-order chi connectivity index (χ0) is 21.1. The van der Waals surface area contributed by atoms with Gasteiger partial charge in [-0.3, -0.25) is 9.59 Å². The molecule has 7 heteroatoms. The van der Waals surface area contributed by atoms with E-state index in [0.29, 0.717) is 27.6 Å². The van der Waals surface area contributed by atoms with Gasteiger partial charge in [-0.25, -0.2) is 4.98 Å². The number of hydrogen-bond acceptors (Lipinski definition) is 5. The molecule has 4 rings (SSSR count). The van der Waals surface area contributed by atoms with Crippen LogP contribution in [0, 0.1) is 6.92 Å². The Hall–Kier alpha value is -2.67. The van der Waals surface area contributed by atoms with E-state index in [4.69, 9.17) is 11.6 Å². The highest BCUT2D eigenvalue weighted by molar-refractivity contribution is 8.01. The second-order valence-corrected chi connectivity index (χ2v) is 9.33. The lowest BCUT2D eigenvalue weighted by molar-refractivity contribution is 0.101. The first kappa shape index (κ1) is 20.6. The Morgan fingerprint density at radius 2 is 1.83 bits per heavy atom. The van der Waals surface area contributed by atoms with Crippen molar-refractivity contribution in [3.8, 4) is 0 Å². The third-order valence-electron chi connectivity index (χ3n) is 4.45. The molecule has 0 aliphatic rings. The van der Waals surface area contributed by atoms with E-state index in [-0.39, 0.29) is 11.7 Å². The molecule has 0 aliphatic carbocycles. The minimum absolute atomic E-state index is 0.0759. The van der Waals surface area contributed by atoms with E-state index in [2.05, 4.69) is 10.3 Å². The van der Waals surface area contributed by atoms with Crippen LogP contribution in [-0.4, -0.2) is 22.4 Å². The summed E-state index contributed by atoms with van der Waals surface area (Å²) in [6, 6.07) is 20.1. The summed E-state index contributed by atoms with van der Waals surface area (Å²) in [6.07, 6.45) is 0. The number of Topliss-reactive ketones (excluding diaryl/α,β-unsaturated/α-hetero) is 1. The molecule has 3 aromatic carbocycles. The molecule has 1 heterocycles. The molecule has 4 nitrogen and oxygen atoms in total. The van der Waals surface area contributed by atoms with Crippen LogP contribution in [0.15, 0.2) is 71.1 Å². The van der Waals surface area contributed by atoms with E-state index in [1.54, 1.807) is 24.3 Å². The molecule has 0 unspecified atom stereocenters. The normalized spacial score (nSPS) is 10.9. The molecular formula is C23H17ClN2O2S2. The summed E-state index contributed by atoms with van der Waals surface area (Å²) in [7, 11) is 0. The number of anilines is 1. The SMILES string of the molecule is Cc1ccc(C(=O)CSc2nc3ccc(NC(=O)c4ccccc4Cl)cc3s2)cc1. The van der Waals surface area contributed by atoms with Crippen molar-refractivity contribution in [1.29, 1.82) is 0 Å². The second kappa shape index (κ2) is 9.00. The fourth-order valence-corrected chi connectivity index (χ4v) is 5.06. The molecule has 0 bridgehead atoms. The van der Waals surface area contributed by atoms with Crippen LogP contribution in [-0.2, 0) is 0 Å². The van der Waals surface area contributed by atoms with Crippen molar-refractivity contribution in [2.45, 2.75) is 11.3 Å². The van der Waals surface area contributed by atoms with Gasteiger partial charge in [0.15, 0.2) is 10.1 Å². The average Bonchev–Trinajstić information content (AvgIpc) is 3.15. The van der Waals surface area contributed by atoms with Gasteiger partial charge < -0.3 is 5.32 Å². The summed E-state index contributed by atoms with van der Waals surface area (Å²) in [5, 5.41) is 3.28. The van der Waals surface area contributed by atoms with Crippen molar-refractivity contribution < 1.29 is 9.59 Å². The van der Waals surface area contributed by atoms with Gasteiger partial charge in [0.25, 0.3) is 5.91 Å². The first-order chi connectivity index (χ1) is 14.5. The molecule has 1 amide bonds. The van der Waals surface area contributed by atoms with Gasteiger partial charge in [-0.1, -0.05) is 65.3 Å². The summed E-state index contributed by atoms with van der Waals surface area (Å²) in [5.74, 6) is 0.147. The molecule has 30 heavy (non-hydrogen) atoms. The van der Waals surface area contributed by atoms with Gasteiger partial charge in [-0.15, -0.1) is 11.3 Å². The number of aromatic nitrogens is 1. The Balaban J connectivity index is 1.44. The first-order valence-electron chi connectivity index (χ1n) is 9.19. The highest BCUT2D eigenvalue weighted by Crippen LogP contribution is 2.32. The smallest absolute Gasteiger partial charge is 0.257 e. The molecule has 0 spiro atoms. The highest BCUT2D eigenvalue weighted by Gasteiger charge is 2.13. The van der Waals surface area contributed by atoms with Gasteiger partial charge >= 0.3 is 0 Å². The number of halogens is 1. The second-order valence-electron chi connectivity index (χ2n) is 6.67. The number of carbonyl (C=O) groups excluding carboxylic acids is 2. The van der Waals surface area contributed by atoms with Gasteiger partial charge in [0.1, 0.15) is 0 Å². The van der Waals surface area contributed by atoms with Crippen molar-refractivity contribution in [2.24, 2.45) is 0 Å². The first-order valence-corrected chi connectivity index (χ1v) is 11.4. The summed E-state index contributed by atoms with van der Waals surface area (Å²) >= 11 is 9.02. The van der Waals surface area contributed by atoms with Gasteiger partial charge in [0, 0.05) is 11.3 Å². The summed E-state index contributed by atoms with van der Waals surface area (Å²) in [4.78, 5) is 29.4. The maximum Gasteiger partial charge on any atom is 0.257 e. The lowest BCUT2D eigenvalue weighted by Gasteiger charge is -2.06. The molecule has 4 aromatic rings. The Kier molecular flexibility index (Phi) is 6.18. The number of amides is 1. The van der Waals surface area contributed by atoms with E-state index in [1.165, 1.54) is 23.1 Å². The minimum atomic E-state index is -0.261. The average molecular weight is 453 g/mol. The number of thioether (sulfide) groups is 1. The molecule has 150 valence electrons. The highest BCUT2D eigenvalue weighted by atomic mass is 35.5. The van der Waals surface area contributed by atoms with Crippen molar-refractivity contribution >= 4 is 62.3 Å². The third kappa shape index (κ3) is 4.73. The number of rotatable bonds is 6. The largest absolute Gasteiger partial charge is 0.322 e. The monoisotopic (exact) mass is 452 g/mol. The predicted molar refractivity (Wildman–Crippen MR) is 125 cm³/mol. The van der Waals surface area contributed by atoms with Crippen molar-refractivity contribution in [3.05, 3.63) is 88.4 Å². The van der Waals surface area contributed by atoms with Gasteiger partial charge in [-0.2, -0.15) is 0 Å². The van der Waals surface area contributed by atoms with Crippen molar-refractivity contribution in [1.82, 2.24) is 4.98 Å². The molecule has 1 N–H and O–H groups in total. The number of ketones is 1. The van der Waals surface area contributed by atoms with E-state index in [1.807, 2.05) is 49.4 Å². The number of nitrogens with zero attached hydrogens (tertiary/aromatic N) is 1. The van der Waals surface area contributed by atoms with Gasteiger partial charge in [0.2, 0.25) is 0 Å². The van der Waals surface area contributed by atoms with Crippen LogP contribution < -0.4 is 5.32 Å². The quantitative estimate of drug-likeness (QED) is 0.268. The fourth-order valence-electron chi connectivity index (χ4n) is 2.84. The van der Waals surface area contributed by atoms with Crippen LogP contribution >= 0.6 is 34.7 Å². The molecule has 0 atom stereocenters. The van der Waals surface area contributed by atoms with Crippen molar-refractivity contribution in [3.63, 3.8) is 0 Å². The summed E-state index contributed by atoms with van der Waals surface area (Å²) in [6.45, 7) is 2.00.